The number of aliphatic carboxylic acids is 1. The summed E-state index contributed by atoms with van der Waals surface area (Å²) in [7, 11) is 1.80. The van der Waals surface area contributed by atoms with Crippen molar-refractivity contribution in [2.24, 2.45) is 7.05 Å². The standard InChI is InChI=1S/C9H14N2O2/c1-4-7(9(12)13)8-6(2)5-11(3)10-8/h5,7H,4H2,1-3H3,(H,12,13). The lowest BCUT2D eigenvalue weighted by Crippen LogP contribution is -2.12. The predicted molar refractivity (Wildman–Crippen MR) is 48.6 cm³/mol. The molecule has 0 amide bonds. The second-order valence-corrected chi connectivity index (χ2v) is 3.17. The maximum Gasteiger partial charge on any atom is 0.312 e. The summed E-state index contributed by atoms with van der Waals surface area (Å²) in [5.41, 5.74) is 1.62. The van der Waals surface area contributed by atoms with Gasteiger partial charge in [-0.2, -0.15) is 5.10 Å². The molecule has 0 aliphatic carbocycles. The third-order valence-electron chi connectivity index (χ3n) is 2.09. The topological polar surface area (TPSA) is 55.1 Å². The van der Waals surface area contributed by atoms with Crippen LogP contribution < -0.4 is 0 Å². The molecule has 1 N–H and O–H groups in total. The van der Waals surface area contributed by atoms with Crippen LogP contribution in [-0.4, -0.2) is 20.9 Å². The minimum Gasteiger partial charge on any atom is -0.481 e. The molecule has 0 fully saturated rings. The van der Waals surface area contributed by atoms with Gasteiger partial charge in [-0.15, -0.1) is 0 Å². The summed E-state index contributed by atoms with van der Waals surface area (Å²) in [5, 5.41) is 13.0. The van der Waals surface area contributed by atoms with Gasteiger partial charge in [0, 0.05) is 13.2 Å². The van der Waals surface area contributed by atoms with Crippen molar-refractivity contribution >= 4 is 5.97 Å². The molecule has 0 saturated carbocycles. The van der Waals surface area contributed by atoms with Crippen LogP contribution in [0.5, 0.6) is 0 Å². The van der Waals surface area contributed by atoms with Gasteiger partial charge in [-0.25, -0.2) is 0 Å². The van der Waals surface area contributed by atoms with Crippen molar-refractivity contribution in [3.63, 3.8) is 0 Å². The molecule has 0 radical (unpaired) electrons. The Morgan fingerprint density at radius 1 is 1.77 bits per heavy atom. The molecule has 0 bridgehead atoms. The number of aromatic nitrogens is 2. The summed E-state index contributed by atoms with van der Waals surface area (Å²) < 4.78 is 1.65. The van der Waals surface area contributed by atoms with Gasteiger partial charge in [0.15, 0.2) is 0 Å². The lowest BCUT2D eigenvalue weighted by Gasteiger charge is -2.06. The molecule has 4 heteroatoms. The molecule has 0 aliphatic rings. The van der Waals surface area contributed by atoms with Gasteiger partial charge in [-0.3, -0.25) is 9.48 Å². The first-order chi connectivity index (χ1) is 6.06. The quantitative estimate of drug-likeness (QED) is 0.766. The normalized spacial score (nSPS) is 12.8. The zero-order valence-corrected chi connectivity index (χ0v) is 8.11. The molecule has 1 aromatic heterocycles. The Balaban J connectivity index is 3.04. The second kappa shape index (κ2) is 3.60. The van der Waals surface area contributed by atoms with Gasteiger partial charge in [0.1, 0.15) is 5.92 Å². The maximum absolute atomic E-state index is 10.8. The average molecular weight is 182 g/mol. The van der Waals surface area contributed by atoms with E-state index in [2.05, 4.69) is 5.10 Å². The molecule has 4 nitrogen and oxygen atoms in total. The number of nitrogens with zero attached hydrogens (tertiary/aromatic N) is 2. The van der Waals surface area contributed by atoms with Gasteiger partial charge in [0.25, 0.3) is 0 Å². The molecule has 0 aromatic carbocycles. The number of carboxylic acids is 1. The van der Waals surface area contributed by atoms with E-state index in [9.17, 15) is 4.79 Å². The van der Waals surface area contributed by atoms with Crippen LogP contribution in [0.4, 0.5) is 0 Å². The molecule has 13 heavy (non-hydrogen) atoms. The minimum atomic E-state index is -0.802. The summed E-state index contributed by atoms with van der Waals surface area (Å²) in [4.78, 5) is 10.8. The number of carboxylic acid groups (broad SMARTS) is 1. The van der Waals surface area contributed by atoms with E-state index in [1.54, 1.807) is 11.7 Å². The van der Waals surface area contributed by atoms with Crippen LogP contribution in [-0.2, 0) is 11.8 Å². The van der Waals surface area contributed by atoms with Crippen LogP contribution in [0.2, 0.25) is 0 Å². The Hall–Kier alpha value is -1.32. The maximum atomic E-state index is 10.8. The first-order valence-electron chi connectivity index (χ1n) is 4.29. The average Bonchev–Trinajstić information content (AvgIpc) is 2.31. The van der Waals surface area contributed by atoms with Crippen LogP contribution >= 0.6 is 0 Å². The van der Waals surface area contributed by atoms with Crippen LogP contribution in [0.3, 0.4) is 0 Å². The van der Waals surface area contributed by atoms with Crippen molar-refractivity contribution in [2.75, 3.05) is 0 Å². The first kappa shape index (κ1) is 9.77. The highest BCUT2D eigenvalue weighted by Gasteiger charge is 2.22. The van der Waals surface area contributed by atoms with E-state index in [4.69, 9.17) is 5.11 Å². The van der Waals surface area contributed by atoms with E-state index in [1.807, 2.05) is 20.0 Å². The molecule has 1 heterocycles. The van der Waals surface area contributed by atoms with E-state index in [0.717, 1.165) is 5.56 Å². The highest BCUT2D eigenvalue weighted by atomic mass is 16.4. The van der Waals surface area contributed by atoms with Gasteiger partial charge in [-0.05, 0) is 18.9 Å². The van der Waals surface area contributed by atoms with Gasteiger partial charge < -0.3 is 5.11 Å². The van der Waals surface area contributed by atoms with Crippen LogP contribution in [0, 0.1) is 6.92 Å². The van der Waals surface area contributed by atoms with Crippen molar-refractivity contribution in [3.05, 3.63) is 17.5 Å². The van der Waals surface area contributed by atoms with Gasteiger partial charge >= 0.3 is 5.97 Å². The van der Waals surface area contributed by atoms with Gasteiger partial charge in [0.05, 0.1) is 5.69 Å². The summed E-state index contributed by atoms with van der Waals surface area (Å²) in [6, 6.07) is 0. The third-order valence-corrected chi connectivity index (χ3v) is 2.09. The molecule has 1 unspecified atom stereocenters. The lowest BCUT2D eigenvalue weighted by atomic mass is 10.0. The van der Waals surface area contributed by atoms with E-state index in [-0.39, 0.29) is 0 Å². The van der Waals surface area contributed by atoms with Crippen molar-refractivity contribution in [1.29, 1.82) is 0 Å². The summed E-state index contributed by atoms with van der Waals surface area (Å²) in [6.07, 6.45) is 2.41. The number of aryl methyl sites for hydroxylation is 2. The van der Waals surface area contributed by atoms with Gasteiger partial charge in [0.2, 0.25) is 0 Å². The Kier molecular flexibility index (Phi) is 2.70. The lowest BCUT2D eigenvalue weighted by molar-refractivity contribution is -0.139. The number of hydrogen-bond acceptors (Lipinski definition) is 2. The zero-order chi connectivity index (χ0) is 10.0. The SMILES string of the molecule is CCC(C(=O)O)c1nn(C)cc1C. The highest BCUT2D eigenvalue weighted by Crippen LogP contribution is 2.20. The molecular weight excluding hydrogens is 168 g/mol. The monoisotopic (exact) mass is 182 g/mol. The molecule has 72 valence electrons. The Morgan fingerprint density at radius 3 is 2.69 bits per heavy atom. The van der Waals surface area contributed by atoms with Crippen LogP contribution in [0.1, 0.15) is 30.5 Å². The zero-order valence-electron chi connectivity index (χ0n) is 8.11. The first-order valence-corrected chi connectivity index (χ1v) is 4.29. The Bertz CT molecular complexity index is 317. The fourth-order valence-corrected chi connectivity index (χ4v) is 1.45. The van der Waals surface area contributed by atoms with E-state index in [0.29, 0.717) is 12.1 Å². The van der Waals surface area contributed by atoms with Crippen LogP contribution in [0.15, 0.2) is 6.20 Å². The molecule has 0 saturated heterocycles. The van der Waals surface area contributed by atoms with Crippen LogP contribution in [0.25, 0.3) is 0 Å². The van der Waals surface area contributed by atoms with Crippen molar-refractivity contribution < 1.29 is 9.90 Å². The number of rotatable bonds is 3. The van der Waals surface area contributed by atoms with Gasteiger partial charge in [-0.1, -0.05) is 6.92 Å². The second-order valence-electron chi connectivity index (χ2n) is 3.17. The Morgan fingerprint density at radius 2 is 2.38 bits per heavy atom. The number of carbonyl (C=O) groups is 1. The number of hydrogen-bond donors (Lipinski definition) is 1. The molecule has 1 aromatic rings. The highest BCUT2D eigenvalue weighted by molar-refractivity contribution is 5.75. The van der Waals surface area contributed by atoms with E-state index < -0.39 is 11.9 Å². The van der Waals surface area contributed by atoms with Crippen molar-refractivity contribution in [3.8, 4) is 0 Å². The largest absolute Gasteiger partial charge is 0.481 e. The third kappa shape index (κ3) is 1.88. The summed E-state index contributed by atoms with van der Waals surface area (Å²) in [5.74, 6) is -1.27. The van der Waals surface area contributed by atoms with Crippen molar-refractivity contribution in [2.45, 2.75) is 26.2 Å². The smallest absolute Gasteiger partial charge is 0.312 e. The van der Waals surface area contributed by atoms with E-state index >= 15 is 0 Å². The molecule has 1 atom stereocenters. The summed E-state index contributed by atoms with van der Waals surface area (Å²) in [6.45, 7) is 3.74. The molecular formula is C9H14N2O2. The summed E-state index contributed by atoms with van der Waals surface area (Å²) >= 11 is 0. The minimum absolute atomic E-state index is 0.471. The predicted octanol–water partition coefficient (Wildman–Crippen LogP) is 1.31. The van der Waals surface area contributed by atoms with Crippen molar-refractivity contribution in [1.82, 2.24) is 9.78 Å². The van der Waals surface area contributed by atoms with E-state index in [1.165, 1.54) is 0 Å². The fourth-order valence-electron chi connectivity index (χ4n) is 1.45. The Labute approximate surface area is 77.2 Å². The molecule has 1 rings (SSSR count). The molecule has 0 spiro atoms. The fraction of sp³-hybridized carbons (Fsp3) is 0.556. The molecule has 0 aliphatic heterocycles.